The van der Waals surface area contributed by atoms with E-state index in [0.29, 0.717) is 56.0 Å². The van der Waals surface area contributed by atoms with Crippen LogP contribution in [0.4, 0.5) is 11.5 Å². The lowest BCUT2D eigenvalue weighted by Gasteiger charge is -2.36. The van der Waals surface area contributed by atoms with Gasteiger partial charge >= 0.3 is 5.90 Å². The number of carbonyl (C=O) groups excluding carboxylic acids is 3. The zero-order valence-corrected chi connectivity index (χ0v) is 35.2. The van der Waals surface area contributed by atoms with Gasteiger partial charge in [0.1, 0.15) is 11.8 Å². The molecular formula is C43H56N9O6S+. The number of aromatic hydroxyl groups is 1. The molecule has 314 valence electrons. The molecule has 0 aliphatic carbocycles. The van der Waals surface area contributed by atoms with Crippen molar-refractivity contribution in [1.29, 1.82) is 0 Å². The number of carbonyl (C=O) groups is 3. The summed E-state index contributed by atoms with van der Waals surface area (Å²) in [5, 5.41) is 43.4. The van der Waals surface area contributed by atoms with Crippen LogP contribution in [0.1, 0.15) is 77.1 Å². The lowest BCUT2D eigenvalue weighted by atomic mass is 9.85. The smallest absolute Gasteiger partial charge is 0.356 e. The summed E-state index contributed by atoms with van der Waals surface area (Å²) in [4.78, 5) is 54.4. The van der Waals surface area contributed by atoms with E-state index in [-0.39, 0.29) is 67.0 Å². The fourth-order valence-electron chi connectivity index (χ4n) is 7.65. The van der Waals surface area contributed by atoms with Gasteiger partial charge < -0.3 is 41.1 Å². The quantitative estimate of drug-likeness (QED) is 0.0654. The van der Waals surface area contributed by atoms with Crippen molar-refractivity contribution in [3.8, 4) is 27.4 Å². The molecule has 0 unspecified atom stereocenters. The van der Waals surface area contributed by atoms with Gasteiger partial charge in [-0.05, 0) is 48.9 Å². The minimum absolute atomic E-state index is 0.00386. The van der Waals surface area contributed by atoms with Crippen LogP contribution < -0.4 is 20.9 Å². The fraction of sp³-hybridized carbons (Fsp3) is 0.465. The largest absolute Gasteiger partial charge is 0.507 e. The molecule has 2 aliphatic rings. The van der Waals surface area contributed by atoms with Crippen molar-refractivity contribution in [1.82, 2.24) is 30.3 Å². The molecule has 15 nitrogen and oxygen atoms in total. The number of unbranched alkanes of at least 4 members (excludes halogenated alkanes) is 1. The highest BCUT2D eigenvalue weighted by atomic mass is 32.1. The zero-order chi connectivity index (χ0) is 42.4. The van der Waals surface area contributed by atoms with E-state index in [1.807, 2.05) is 75.4 Å². The summed E-state index contributed by atoms with van der Waals surface area (Å²) in [5.74, 6) is -0.435. The summed E-state index contributed by atoms with van der Waals surface area (Å²) in [5.41, 5.74) is 12.1. The van der Waals surface area contributed by atoms with Crippen LogP contribution in [0.5, 0.6) is 5.75 Å². The predicted octanol–water partition coefficient (Wildman–Crippen LogP) is 3.36. The Kier molecular flexibility index (Phi) is 13.5. The Labute approximate surface area is 349 Å². The van der Waals surface area contributed by atoms with Crippen molar-refractivity contribution in [2.45, 2.75) is 91.0 Å². The van der Waals surface area contributed by atoms with E-state index in [1.54, 1.807) is 35.6 Å². The highest BCUT2D eigenvalue weighted by Gasteiger charge is 2.46. The molecule has 3 amide bonds. The second kappa shape index (κ2) is 18.5. The number of aliphatic hydroxyl groups excluding tert-OH is 2. The Morgan fingerprint density at radius 1 is 1.02 bits per heavy atom. The molecule has 4 heterocycles. The number of nitrogens with two attached hydrogens (primary N) is 1. The summed E-state index contributed by atoms with van der Waals surface area (Å²) in [6.07, 6.45) is 0.712. The number of aryl methyl sites for hydroxylation is 1. The SMILES string of the molecule is Cc1ncsc1-c1ccc([C@H](C)[NH+]=C(O)[C@@H]2C[C@@H](O)CN2C(=O)[C@@H](NC(=O)CCCCC(=O)N2CCN(c3cc(-c4ccccc4O)nnc3N)CC2)C(C)(C)C)cc1. The molecule has 0 saturated carbocycles. The normalized spacial score (nSPS) is 18.5. The van der Waals surface area contributed by atoms with Gasteiger partial charge in [0.25, 0.3) is 0 Å². The van der Waals surface area contributed by atoms with Crippen LogP contribution in [0, 0.1) is 12.3 Å². The molecule has 2 aliphatic heterocycles. The maximum absolute atomic E-state index is 14.1. The first kappa shape index (κ1) is 43.0. The summed E-state index contributed by atoms with van der Waals surface area (Å²) in [6, 6.07) is 14.7. The van der Waals surface area contributed by atoms with Gasteiger partial charge in [-0.15, -0.1) is 21.5 Å². The number of anilines is 2. The molecule has 0 bridgehead atoms. The van der Waals surface area contributed by atoms with Gasteiger partial charge in [-0.1, -0.05) is 57.2 Å². The minimum Gasteiger partial charge on any atom is -0.507 e. The summed E-state index contributed by atoms with van der Waals surface area (Å²) in [6.45, 7) is 11.6. The Hall–Kier alpha value is -5.61. The molecule has 6 rings (SSSR count). The van der Waals surface area contributed by atoms with E-state index < -0.39 is 23.6 Å². The van der Waals surface area contributed by atoms with Gasteiger partial charge in [-0.3, -0.25) is 14.4 Å². The topological polar surface area (TPSA) is 212 Å². The predicted molar refractivity (Wildman–Crippen MR) is 228 cm³/mol. The van der Waals surface area contributed by atoms with Crippen molar-refractivity contribution < 1.29 is 34.7 Å². The molecule has 16 heteroatoms. The summed E-state index contributed by atoms with van der Waals surface area (Å²) < 4.78 is 0. The van der Waals surface area contributed by atoms with Crippen LogP contribution in [0.2, 0.25) is 0 Å². The number of likely N-dealkylation sites (tertiary alicyclic amines) is 1. The van der Waals surface area contributed by atoms with Crippen molar-refractivity contribution in [3.63, 3.8) is 0 Å². The molecule has 2 saturated heterocycles. The van der Waals surface area contributed by atoms with Crippen molar-refractivity contribution >= 4 is 46.5 Å². The number of phenolic OH excluding ortho intramolecular Hbond substituents is 1. The van der Waals surface area contributed by atoms with Gasteiger partial charge in [0.2, 0.25) is 17.7 Å². The van der Waals surface area contributed by atoms with Crippen molar-refractivity contribution in [2.24, 2.45) is 5.41 Å². The van der Waals surface area contributed by atoms with Crippen LogP contribution in [-0.4, -0.2) is 115 Å². The lowest BCUT2D eigenvalue weighted by molar-refractivity contribution is -0.515. The monoisotopic (exact) mass is 826 g/mol. The third-order valence-electron chi connectivity index (χ3n) is 11.1. The third-order valence-corrected chi connectivity index (χ3v) is 12.1. The van der Waals surface area contributed by atoms with Crippen LogP contribution in [0.15, 0.2) is 60.1 Å². The van der Waals surface area contributed by atoms with Crippen LogP contribution in [-0.2, 0) is 14.4 Å². The van der Waals surface area contributed by atoms with Crippen LogP contribution >= 0.6 is 11.3 Å². The molecule has 0 radical (unpaired) electrons. The first-order valence-electron chi connectivity index (χ1n) is 20.2. The Balaban J connectivity index is 0.983. The van der Waals surface area contributed by atoms with E-state index in [4.69, 9.17) is 5.73 Å². The molecule has 4 aromatic rings. The number of β-amino-alcohol motifs (C(OH)–C–C–N with tert-alkyl or cyclic N) is 1. The first-order valence-corrected chi connectivity index (χ1v) is 21.0. The van der Waals surface area contributed by atoms with Gasteiger partial charge in [0.05, 0.1) is 33.6 Å². The lowest BCUT2D eigenvalue weighted by Crippen LogP contribution is -2.77. The highest BCUT2D eigenvalue weighted by molar-refractivity contribution is 7.13. The standard InChI is InChI=1S/C43H55N9O6S/c1-26(28-14-16-29(17-15-28)38-27(2)45-25-59-38)46-41(57)34-22-30(53)24-52(34)42(58)39(43(3,4)5)47-36(55)12-8-9-13-37(56)51-20-18-50(19-21-51)33-23-32(48-49-40(33)44)31-10-6-7-11-35(31)54/h6-7,10-11,14-17,23,25-26,30,34,39,53-54H,8-9,12-13,18-22,24H2,1-5H3,(H2,44,49)(H,46,57)(H,47,55)/p+1/t26-,30+,34-,39+/m0/s1. The maximum atomic E-state index is 14.1. The number of aliphatic hydroxyl groups is 2. The molecular weight excluding hydrogens is 771 g/mol. The number of nitrogens with one attached hydrogen (secondary N) is 2. The Morgan fingerprint density at radius 2 is 1.71 bits per heavy atom. The summed E-state index contributed by atoms with van der Waals surface area (Å²) >= 11 is 1.58. The number of rotatable bonds is 13. The van der Waals surface area contributed by atoms with Gasteiger partial charge in [0.15, 0.2) is 17.9 Å². The molecule has 7 N–H and O–H groups in total. The number of nitrogen functional groups attached to an aromatic ring is 1. The van der Waals surface area contributed by atoms with E-state index >= 15 is 0 Å². The highest BCUT2D eigenvalue weighted by Crippen LogP contribution is 2.32. The summed E-state index contributed by atoms with van der Waals surface area (Å²) in [7, 11) is 0. The van der Waals surface area contributed by atoms with Gasteiger partial charge in [-0.2, -0.15) is 0 Å². The van der Waals surface area contributed by atoms with E-state index in [2.05, 4.69) is 30.4 Å². The Morgan fingerprint density at radius 3 is 2.37 bits per heavy atom. The number of phenols is 1. The number of hydrogen-bond acceptors (Lipinski definition) is 11. The molecule has 2 aromatic heterocycles. The van der Waals surface area contributed by atoms with Crippen LogP contribution in [0.3, 0.4) is 0 Å². The van der Waals surface area contributed by atoms with Crippen LogP contribution in [0.25, 0.3) is 21.7 Å². The Bertz CT molecular complexity index is 2150. The maximum Gasteiger partial charge on any atom is 0.356 e. The van der Waals surface area contributed by atoms with Gasteiger partial charge in [0, 0.05) is 70.0 Å². The van der Waals surface area contributed by atoms with Gasteiger partial charge in [-0.25, -0.2) is 9.98 Å². The average Bonchev–Trinajstić information content (AvgIpc) is 3.83. The molecule has 59 heavy (non-hydrogen) atoms. The van der Waals surface area contributed by atoms with Crippen molar-refractivity contribution in [3.05, 3.63) is 71.4 Å². The minimum atomic E-state index is -0.909. The number of benzene rings is 2. The number of hydrogen-bond donors (Lipinski definition) is 6. The number of para-hydroxylation sites is 1. The number of amides is 3. The third kappa shape index (κ3) is 10.3. The van der Waals surface area contributed by atoms with E-state index in [1.165, 1.54) is 4.90 Å². The molecule has 2 fully saturated rings. The number of piperazine rings is 1. The fourth-order valence-corrected chi connectivity index (χ4v) is 8.46. The second-order valence-electron chi connectivity index (χ2n) is 16.5. The number of nitrogens with zero attached hydrogens (tertiary/aromatic N) is 6. The molecule has 4 atom stereocenters. The van der Waals surface area contributed by atoms with E-state index in [9.17, 15) is 29.7 Å². The number of thiazole rings is 1. The van der Waals surface area contributed by atoms with E-state index in [0.717, 1.165) is 21.7 Å². The number of aromatic nitrogens is 3. The van der Waals surface area contributed by atoms with Crippen molar-refractivity contribution in [2.75, 3.05) is 43.4 Å². The first-order chi connectivity index (χ1) is 28.1. The molecule has 2 aromatic carbocycles. The molecule has 0 spiro atoms. The second-order valence-corrected chi connectivity index (χ2v) is 17.3. The average molecular weight is 827 g/mol. The zero-order valence-electron chi connectivity index (χ0n) is 34.4.